The summed E-state index contributed by atoms with van der Waals surface area (Å²) in [6.07, 6.45) is 0.742. The van der Waals surface area contributed by atoms with Crippen LogP contribution in [0.15, 0.2) is 0 Å². The number of hydrogen-bond acceptors (Lipinski definition) is 3. The van der Waals surface area contributed by atoms with Gasteiger partial charge in [0.05, 0.1) is 19.0 Å². The summed E-state index contributed by atoms with van der Waals surface area (Å²) < 4.78 is 0. The van der Waals surface area contributed by atoms with Gasteiger partial charge in [-0.05, 0) is 13.5 Å². The van der Waals surface area contributed by atoms with E-state index in [4.69, 9.17) is 0 Å². The smallest absolute Gasteiger partial charge is 0.245 e. The van der Waals surface area contributed by atoms with Gasteiger partial charge in [0.15, 0.2) is 0 Å². The quantitative estimate of drug-likeness (QED) is 0.655. The molecule has 0 aromatic rings. The zero-order valence-electron chi connectivity index (χ0n) is 10.8. The molecule has 2 rings (SSSR count). The Balaban J connectivity index is 2.24. The predicted octanol–water partition coefficient (Wildman–Crippen LogP) is 0.180. The van der Waals surface area contributed by atoms with Gasteiger partial charge in [-0.25, -0.2) is 10.0 Å². The normalized spacial score (nSPS) is 31.5. The van der Waals surface area contributed by atoms with Crippen molar-refractivity contribution < 1.29 is 9.59 Å². The van der Waals surface area contributed by atoms with E-state index in [0.717, 1.165) is 19.5 Å². The van der Waals surface area contributed by atoms with Crippen LogP contribution in [0, 0.1) is 11.8 Å². The Kier molecular flexibility index (Phi) is 3.38. The minimum atomic E-state index is -0.174. The van der Waals surface area contributed by atoms with E-state index in [9.17, 15) is 9.59 Å². The van der Waals surface area contributed by atoms with Crippen molar-refractivity contribution in [2.45, 2.75) is 20.3 Å². The number of carbonyl (C=O) groups is 2. The highest BCUT2D eigenvalue weighted by Crippen LogP contribution is 2.28. The molecular weight excluding hydrogens is 218 g/mol. The Morgan fingerprint density at radius 1 is 1.06 bits per heavy atom. The molecule has 2 aliphatic rings. The van der Waals surface area contributed by atoms with Crippen molar-refractivity contribution in [3.8, 4) is 0 Å². The van der Waals surface area contributed by atoms with Gasteiger partial charge in [0.2, 0.25) is 11.8 Å². The van der Waals surface area contributed by atoms with Gasteiger partial charge >= 0.3 is 0 Å². The maximum Gasteiger partial charge on any atom is 0.245 e. The lowest BCUT2D eigenvalue weighted by Crippen LogP contribution is -2.60. The van der Waals surface area contributed by atoms with Crippen LogP contribution in [0.1, 0.15) is 20.3 Å². The highest BCUT2D eigenvalue weighted by atomic mass is 16.2. The molecule has 0 aliphatic carbocycles. The second kappa shape index (κ2) is 4.64. The third-order valence-electron chi connectivity index (χ3n) is 3.94. The molecular formula is C12H21N3O2. The van der Waals surface area contributed by atoms with Crippen LogP contribution in [-0.2, 0) is 9.59 Å². The van der Waals surface area contributed by atoms with Crippen LogP contribution < -0.4 is 0 Å². The fraction of sp³-hybridized carbons (Fsp3) is 0.833. The van der Waals surface area contributed by atoms with Gasteiger partial charge in [-0.3, -0.25) is 9.59 Å². The van der Waals surface area contributed by atoms with E-state index in [0.29, 0.717) is 13.1 Å². The summed E-state index contributed by atoms with van der Waals surface area (Å²) in [6, 6.07) is 0. The van der Waals surface area contributed by atoms with Crippen molar-refractivity contribution >= 4 is 11.8 Å². The second-order valence-corrected chi connectivity index (χ2v) is 5.03. The average Bonchev–Trinajstić information content (AvgIpc) is 2.50. The van der Waals surface area contributed by atoms with E-state index in [1.807, 2.05) is 20.9 Å². The molecule has 0 unspecified atom stereocenters. The van der Waals surface area contributed by atoms with Gasteiger partial charge in [0.1, 0.15) is 0 Å². The molecule has 2 heterocycles. The summed E-state index contributed by atoms with van der Waals surface area (Å²) in [4.78, 5) is 26.7. The molecule has 2 saturated heterocycles. The lowest BCUT2D eigenvalue weighted by Gasteiger charge is -2.42. The van der Waals surface area contributed by atoms with Gasteiger partial charge in [-0.15, -0.1) is 0 Å². The van der Waals surface area contributed by atoms with Crippen LogP contribution in [0.4, 0.5) is 0 Å². The molecule has 0 saturated carbocycles. The second-order valence-electron chi connectivity index (χ2n) is 5.03. The molecule has 2 aliphatic heterocycles. The molecule has 96 valence electrons. The first kappa shape index (κ1) is 12.4. The van der Waals surface area contributed by atoms with E-state index >= 15 is 0 Å². The van der Waals surface area contributed by atoms with Crippen LogP contribution in [0.3, 0.4) is 0 Å². The first-order valence-electron chi connectivity index (χ1n) is 6.37. The standard InChI is InChI=1S/C12H21N3O2/c1-4-10-9(2)11(16)14-7-5-13(3)6-8-15(14)12(10)17/h9-10H,4-8H2,1-3H3/t9-,10+/m0/s1. The number of fused-ring (bicyclic) bond motifs is 1. The fourth-order valence-corrected chi connectivity index (χ4v) is 2.68. The van der Waals surface area contributed by atoms with Crippen molar-refractivity contribution in [3.63, 3.8) is 0 Å². The number of amides is 2. The number of carbonyl (C=O) groups excluding carboxylic acids is 2. The first-order valence-corrected chi connectivity index (χ1v) is 6.37. The minimum absolute atomic E-state index is 0.103. The summed E-state index contributed by atoms with van der Waals surface area (Å²) in [5.41, 5.74) is 0. The monoisotopic (exact) mass is 239 g/mol. The minimum Gasteiger partial charge on any atom is -0.303 e. The lowest BCUT2D eigenvalue weighted by atomic mass is 9.87. The molecule has 0 spiro atoms. The van der Waals surface area contributed by atoms with Gasteiger partial charge in [0, 0.05) is 19.0 Å². The van der Waals surface area contributed by atoms with E-state index in [-0.39, 0.29) is 23.7 Å². The molecule has 0 aromatic heterocycles. The predicted molar refractivity (Wildman–Crippen MR) is 63.9 cm³/mol. The zero-order chi connectivity index (χ0) is 12.6. The topological polar surface area (TPSA) is 43.9 Å². The van der Waals surface area contributed by atoms with Crippen LogP contribution in [0.2, 0.25) is 0 Å². The summed E-state index contributed by atoms with van der Waals surface area (Å²) in [5, 5.41) is 3.32. The van der Waals surface area contributed by atoms with Crippen molar-refractivity contribution in [2.75, 3.05) is 33.2 Å². The number of likely N-dealkylation sites (N-methyl/N-ethyl adjacent to an activating group) is 1. The first-order chi connectivity index (χ1) is 8.06. The van der Waals surface area contributed by atoms with E-state index in [1.165, 1.54) is 0 Å². The molecule has 2 atom stereocenters. The van der Waals surface area contributed by atoms with E-state index in [2.05, 4.69) is 4.90 Å². The maximum atomic E-state index is 12.3. The summed E-state index contributed by atoms with van der Waals surface area (Å²) >= 11 is 0. The van der Waals surface area contributed by atoms with Gasteiger partial charge in [-0.1, -0.05) is 13.8 Å². The lowest BCUT2D eigenvalue weighted by molar-refractivity contribution is -0.180. The number of hydrogen-bond donors (Lipinski definition) is 0. The molecule has 0 bridgehead atoms. The van der Waals surface area contributed by atoms with Crippen molar-refractivity contribution in [2.24, 2.45) is 11.8 Å². The average molecular weight is 239 g/mol. The Morgan fingerprint density at radius 2 is 1.59 bits per heavy atom. The van der Waals surface area contributed by atoms with Crippen LogP contribution in [0.5, 0.6) is 0 Å². The van der Waals surface area contributed by atoms with E-state index < -0.39 is 0 Å². The number of hydrazine groups is 1. The Labute approximate surface area is 102 Å². The largest absolute Gasteiger partial charge is 0.303 e. The highest BCUT2D eigenvalue weighted by molar-refractivity contribution is 5.92. The van der Waals surface area contributed by atoms with Crippen molar-refractivity contribution in [1.29, 1.82) is 0 Å². The molecule has 0 aromatic carbocycles. The molecule has 2 amide bonds. The summed E-state index contributed by atoms with van der Waals surface area (Å²) in [7, 11) is 2.02. The van der Waals surface area contributed by atoms with Crippen molar-refractivity contribution in [3.05, 3.63) is 0 Å². The number of rotatable bonds is 1. The van der Waals surface area contributed by atoms with Gasteiger partial charge in [0.25, 0.3) is 0 Å². The molecule has 5 nitrogen and oxygen atoms in total. The van der Waals surface area contributed by atoms with Gasteiger partial charge in [-0.2, -0.15) is 0 Å². The third-order valence-corrected chi connectivity index (χ3v) is 3.94. The molecule has 0 N–H and O–H groups in total. The molecule has 2 fully saturated rings. The third kappa shape index (κ3) is 2.04. The molecule has 0 radical (unpaired) electrons. The Hall–Kier alpha value is -1.10. The summed E-state index contributed by atoms with van der Waals surface area (Å²) in [5.74, 6) is -0.0871. The zero-order valence-corrected chi connectivity index (χ0v) is 10.8. The van der Waals surface area contributed by atoms with Gasteiger partial charge < -0.3 is 4.90 Å². The van der Waals surface area contributed by atoms with Crippen LogP contribution in [0.25, 0.3) is 0 Å². The Bertz CT molecular complexity index is 332. The molecule has 5 heteroatoms. The van der Waals surface area contributed by atoms with Crippen molar-refractivity contribution in [1.82, 2.24) is 14.9 Å². The SMILES string of the molecule is CC[C@H]1C(=O)N2CCN(C)CCN2C(=O)[C@H]1C. The van der Waals surface area contributed by atoms with Crippen LogP contribution >= 0.6 is 0 Å². The van der Waals surface area contributed by atoms with E-state index in [1.54, 1.807) is 10.0 Å². The molecule has 17 heavy (non-hydrogen) atoms. The Morgan fingerprint density at radius 3 is 2.12 bits per heavy atom. The maximum absolute atomic E-state index is 12.3. The summed E-state index contributed by atoms with van der Waals surface area (Å²) in [6.45, 7) is 6.78. The highest BCUT2D eigenvalue weighted by Gasteiger charge is 2.43. The van der Waals surface area contributed by atoms with Crippen LogP contribution in [-0.4, -0.2) is 60.0 Å². The number of nitrogens with zero attached hydrogens (tertiary/aromatic N) is 3. The fourth-order valence-electron chi connectivity index (χ4n) is 2.68.